The summed E-state index contributed by atoms with van der Waals surface area (Å²) in [7, 11) is 2.05. The fourth-order valence-electron chi connectivity index (χ4n) is 2.28. The quantitative estimate of drug-likeness (QED) is 0.802. The van der Waals surface area contributed by atoms with Crippen molar-refractivity contribution in [1.82, 2.24) is 0 Å². The third-order valence-electron chi connectivity index (χ3n) is 3.75. The molecule has 2 N–H and O–H groups in total. The molecule has 0 amide bonds. The lowest BCUT2D eigenvalue weighted by molar-refractivity contribution is -0.627. The fourth-order valence-corrected chi connectivity index (χ4v) is 2.28. The van der Waals surface area contributed by atoms with Gasteiger partial charge in [-0.2, -0.15) is 0 Å². The summed E-state index contributed by atoms with van der Waals surface area (Å²) in [6, 6.07) is 19.1. The normalized spacial score (nSPS) is 11.3. The van der Waals surface area contributed by atoms with E-state index in [0.29, 0.717) is 0 Å². The summed E-state index contributed by atoms with van der Waals surface area (Å²) in [6.45, 7) is 6.24. The largest absolute Gasteiger partial charge is 0.488 e. The van der Waals surface area contributed by atoms with Crippen LogP contribution in [0.1, 0.15) is 25.0 Å². The highest BCUT2D eigenvalue weighted by molar-refractivity contribution is 5.39. The molecule has 2 aromatic carbocycles. The molecule has 20 heavy (non-hydrogen) atoms. The lowest BCUT2D eigenvalue weighted by atomic mass is 9.78. The SMILES string of the molecule is C[NH2+]CCOc1ccc(C(C)(C)c2ccccc2)cc1. The minimum absolute atomic E-state index is 0.0109. The van der Waals surface area contributed by atoms with E-state index in [2.05, 4.69) is 80.8 Å². The molecular weight excluding hydrogens is 246 g/mol. The van der Waals surface area contributed by atoms with E-state index in [1.54, 1.807) is 0 Å². The fraction of sp³-hybridized carbons (Fsp3) is 0.333. The van der Waals surface area contributed by atoms with Crippen molar-refractivity contribution in [1.29, 1.82) is 0 Å². The van der Waals surface area contributed by atoms with Crippen molar-refractivity contribution < 1.29 is 10.1 Å². The van der Waals surface area contributed by atoms with E-state index in [1.165, 1.54) is 11.1 Å². The average molecular weight is 270 g/mol. The summed E-state index contributed by atoms with van der Waals surface area (Å²) in [5.41, 5.74) is 2.64. The van der Waals surface area contributed by atoms with Gasteiger partial charge in [0.05, 0.1) is 7.05 Å². The predicted molar refractivity (Wildman–Crippen MR) is 83.2 cm³/mol. The van der Waals surface area contributed by atoms with Crippen LogP contribution in [0.2, 0.25) is 0 Å². The molecule has 0 unspecified atom stereocenters. The lowest BCUT2D eigenvalue weighted by Gasteiger charge is -2.26. The molecule has 2 rings (SSSR count). The van der Waals surface area contributed by atoms with Crippen molar-refractivity contribution in [2.75, 3.05) is 20.2 Å². The van der Waals surface area contributed by atoms with E-state index in [0.717, 1.165) is 18.9 Å². The molecule has 0 bridgehead atoms. The van der Waals surface area contributed by atoms with Crippen molar-refractivity contribution in [3.63, 3.8) is 0 Å². The second kappa shape index (κ2) is 6.58. The van der Waals surface area contributed by atoms with Crippen LogP contribution in [0.5, 0.6) is 5.75 Å². The highest BCUT2D eigenvalue weighted by atomic mass is 16.5. The molecule has 2 aromatic rings. The number of nitrogens with two attached hydrogens (primary N) is 1. The van der Waals surface area contributed by atoms with Gasteiger partial charge in [0.1, 0.15) is 18.9 Å². The van der Waals surface area contributed by atoms with E-state index in [4.69, 9.17) is 4.74 Å². The predicted octanol–water partition coefficient (Wildman–Crippen LogP) is 2.58. The van der Waals surface area contributed by atoms with Gasteiger partial charge >= 0.3 is 0 Å². The van der Waals surface area contributed by atoms with Gasteiger partial charge in [-0.25, -0.2) is 0 Å². The number of likely N-dealkylation sites (N-methyl/N-ethyl adjacent to an activating group) is 1. The number of rotatable bonds is 6. The van der Waals surface area contributed by atoms with Crippen LogP contribution in [0.25, 0.3) is 0 Å². The third-order valence-corrected chi connectivity index (χ3v) is 3.75. The first-order valence-corrected chi connectivity index (χ1v) is 7.21. The summed E-state index contributed by atoms with van der Waals surface area (Å²) < 4.78 is 5.69. The second-order valence-electron chi connectivity index (χ2n) is 5.56. The van der Waals surface area contributed by atoms with Crippen molar-refractivity contribution in [3.8, 4) is 5.75 Å². The monoisotopic (exact) mass is 270 g/mol. The van der Waals surface area contributed by atoms with Gasteiger partial charge in [-0.3, -0.25) is 0 Å². The van der Waals surface area contributed by atoms with Gasteiger partial charge in [-0.15, -0.1) is 0 Å². The first kappa shape index (κ1) is 14.6. The first-order valence-electron chi connectivity index (χ1n) is 7.21. The van der Waals surface area contributed by atoms with E-state index < -0.39 is 0 Å². The summed E-state index contributed by atoms with van der Waals surface area (Å²) in [5.74, 6) is 0.944. The molecule has 2 heteroatoms. The number of hydrogen-bond donors (Lipinski definition) is 1. The minimum atomic E-state index is 0.0109. The molecule has 0 saturated carbocycles. The van der Waals surface area contributed by atoms with Gasteiger partial charge in [-0.05, 0) is 23.3 Å². The molecule has 0 atom stereocenters. The Bertz CT molecular complexity index is 517. The van der Waals surface area contributed by atoms with Crippen LogP contribution in [-0.4, -0.2) is 20.2 Å². The van der Waals surface area contributed by atoms with Crippen molar-refractivity contribution in [2.24, 2.45) is 0 Å². The van der Waals surface area contributed by atoms with Crippen LogP contribution in [0.4, 0.5) is 0 Å². The Morgan fingerprint density at radius 2 is 1.50 bits per heavy atom. The molecular formula is C18H24NO+. The average Bonchev–Trinajstić information content (AvgIpc) is 2.49. The molecule has 0 aromatic heterocycles. The second-order valence-corrected chi connectivity index (χ2v) is 5.56. The molecule has 0 aliphatic carbocycles. The van der Waals surface area contributed by atoms with Crippen molar-refractivity contribution in [3.05, 3.63) is 65.7 Å². The molecule has 0 aliphatic heterocycles. The minimum Gasteiger partial charge on any atom is -0.488 e. The van der Waals surface area contributed by atoms with Gasteiger partial charge in [0.2, 0.25) is 0 Å². The molecule has 0 aliphatic rings. The Morgan fingerprint density at radius 1 is 0.900 bits per heavy atom. The van der Waals surface area contributed by atoms with E-state index in [1.807, 2.05) is 0 Å². The maximum Gasteiger partial charge on any atom is 0.137 e. The van der Waals surface area contributed by atoms with Crippen LogP contribution in [0.3, 0.4) is 0 Å². The van der Waals surface area contributed by atoms with Crippen molar-refractivity contribution in [2.45, 2.75) is 19.3 Å². The van der Waals surface area contributed by atoms with E-state index in [-0.39, 0.29) is 5.41 Å². The molecule has 0 radical (unpaired) electrons. The molecule has 0 fully saturated rings. The Labute approximate surface area is 121 Å². The molecule has 0 heterocycles. The summed E-state index contributed by atoms with van der Waals surface area (Å²) in [4.78, 5) is 0. The molecule has 0 spiro atoms. The zero-order chi connectivity index (χ0) is 14.4. The van der Waals surface area contributed by atoms with Gasteiger partial charge < -0.3 is 10.1 Å². The zero-order valence-corrected chi connectivity index (χ0v) is 12.6. The van der Waals surface area contributed by atoms with Gasteiger partial charge in [0.15, 0.2) is 0 Å². The first-order chi connectivity index (χ1) is 9.64. The topological polar surface area (TPSA) is 25.8 Å². The van der Waals surface area contributed by atoms with Crippen LogP contribution >= 0.6 is 0 Å². The third kappa shape index (κ3) is 3.40. The summed E-state index contributed by atoms with van der Waals surface area (Å²) in [6.07, 6.45) is 0. The van der Waals surface area contributed by atoms with Crippen molar-refractivity contribution >= 4 is 0 Å². The molecule has 106 valence electrons. The molecule has 2 nitrogen and oxygen atoms in total. The molecule has 0 saturated heterocycles. The highest BCUT2D eigenvalue weighted by Crippen LogP contribution is 2.32. The number of quaternary nitrogens is 1. The maximum absolute atomic E-state index is 5.69. The number of hydrogen-bond acceptors (Lipinski definition) is 1. The Morgan fingerprint density at radius 3 is 2.10 bits per heavy atom. The maximum atomic E-state index is 5.69. The Hall–Kier alpha value is -1.80. The van der Waals surface area contributed by atoms with Crippen LogP contribution in [0.15, 0.2) is 54.6 Å². The van der Waals surface area contributed by atoms with Crippen LogP contribution in [0, 0.1) is 0 Å². The zero-order valence-electron chi connectivity index (χ0n) is 12.6. The standard InChI is InChI=1S/C18H23NO/c1-18(2,15-7-5-4-6-8-15)16-9-11-17(12-10-16)20-14-13-19-3/h4-12,19H,13-14H2,1-3H3/p+1. The lowest BCUT2D eigenvalue weighted by Crippen LogP contribution is -2.80. The Kier molecular flexibility index (Phi) is 4.80. The van der Waals surface area contributed by atoms with Gasteiger partial charge in [0, 0.05) is 5.41 Å². The van der Waals surface area contributed by atoms with Gasteiger partial charge in [0.25, 0.3) is 0 Å². The van der Waals surface area contributed by atoms with E-state index in [9.17, 15) is 0 Å². The summed E-state index contributed by atoms with van der Waals surface area (Å²) >= 11 is 0. The highest BCUT2D eigenvalue weighted by Gasteiger charge is 2.22. The van der Waals surface area contributed by atoms with Crippen LogP contribution < -0.4 is 10.1 Å². The Balaban J connectivity index is 2.13. The number of ether oxygens (including phenoxy) is 1. The number of benzene rings is 2. The van der Waals surface area contributed by atoms with E-state index >= 15 is 0 Å². The smallest absolute Gasteiger partial charge is 0.137 e. The summed E-state index contributed by atoms with van der Waals surface area (Å²) in [5, 5.41) is 2.12. The van der Waals surface area contributed by atoms with Crippen LogP contribution in [-0.2, 0) is 5.41 Å². The van der Waals surface area contributed by atoms with Gasteiger partial charge in [-0.1, -0.05) is 56.3 Å².